The van der Waals surface area contributed by atoms with Gasteiger partial charge >= 0.3 is 0 Å². The van der Waals surface area contributed by atoms with Gasteiger partial charge in [-0.3, -0.25) is 0 Å². The lowest BCUT2D eigenvalue weighted by Crippen LogP contribution is -2.21. The number of allylic oxidation sites excluding steroid dienone is 1. The summed E-state index contributed by atoms with van der Waals surface area (Å²) in [6.45, 7) is 7.07. The molecule has 0 aromatic carbocycles. The van der Waals surface area contributed by atoms with Crippen molar-refractivity contribution in [2.75, 3.05) is 6.54 Å². The van der Waals surface area contributed by atoms with E-state index in [1.807, 2.05) is 17.4 Å². The second-order valence-electron chi connectivity index (χ2n) is 3.39. The van der Waals surface area contributed by atoms with Crippen molar-refractivity contribution in [3.63, 3.8) is 0 Å². The van der Waals surface area contributed by atoms with Gasteiger partial charge in [0.05, 0.1) is 0 Å². The average Bonchev–Trinajstić information content (AvgIpc) is 2.71. The Bertz CT molecular complexity index is 241. The van der Waals surface area contributed by atoms with Gasteiger partial charge in [-0.15, -0.1) is 17.9 Å². The number of rotatable bonds is 7. The molecule has 1 atom stereocenters. The third-order valence-electron chi connectivity index (χ3n) is 2.19. The average molecular weight is 209 g/mol. The minimum absolute atomic E-state index is 0.521. The van der Waals surface area contributed by atoms with Gasteiger partial charge in [-0.05, 0) is 37.3 Å². The largest absolute Gasteiger partial charge is 0.309 e. The highest BCUT2D eigenvalue weighted by Crippen LogP contribution is 2.23. The van der Waals surface area contributed by atoms with Crippen LogP contribution in [-0.4, -0.2) is 6.54 Å². The molecule has 1 nitrogen and oxygen atoms in total. The van der Waals surface area contributed by atoms with Gasteiger partial charge in [0.1, 0.15) is 0 Å². The van der Waals surface area contributed by atoms with Crippen molar-refractivity contribution < 1.29 is 0 Å². The monoisotopic (exact) mass is 209 g/mol. The molecule has 0 spiro atoms. The standard InChI is InChI=1S/C12H19NS/c1-3-5-7-11(13-9-4-2)12-8-6-10-14-12/h3,6,8,10-11,13H,1,4-5,7,9H2,2H3. The number of hydrogen-bond acceptors (Lipinski definition) is 2. The topological polar surface area (TPSA) is 12.0 Å². The summed E-state index contributed by atoms with van der Waals surface area (Å²) < 4.78 is 0. The van der Waals surface area contributed by atoms with E-state index in [0.29, 0.717) is 6.04 Å². The maximum absolute atomic E-state index is 3.77. The minimum atomic E-state index is 0.521. The third-order valence-corrected chi connectivity index (χ3v) is 3.17. The van der Waals surface area contributed by atoms with Crippen LogP contribution < -0.4 is 5.32 Å². The zero-order chi connectivity index (χ0) is 10.2. The van der Waals surface area contributed by atoms with Crippen molar-refractivity contribution in [1.29, 1.82) is 0 Å². The molecule has 1 aromatic heterocycles. The van der Waals surface area contributed by atoms with E-state index >= 15 is 0 Å². The first-order valence-corrected chi connectivity index (χ1v) is 6.14. The van der Waals surface area contributed by atoms with Crippen LogP contribution in [-0.2, 0) is 0 Å². The third kappa shape index (κ3) is 3.64. The highest BCUT2D eigenvalue weighted by atomic mass is 32.1. The van der Waals surface area contributed by atoms with E-state index in [4.69, 9.17) is 0 Å². The Kier molecular flexibility index (Phi) is 5.57. The minimum Gasteiger partial charge on any atom is -0.309 e. The molecule has 1 rings (SSSR count). The summed E-state index contributed by atoms with van der Waals surface area (Å²) in [5.41, 5.74) is 0. The Hall–Kier alpha value is -0.600. The second kappa shape index (κ2) is 6.80. The Morgan fingerprint density at radius 2 is 2.50 bits per heavy atom. The molecule has 1 N–H and O–H groups in total. The van der Waals surface area contributed by atoms with Crippen LogP contribution in [0.2, 0.25) is 0 Å². The summed E-state index contributed by atoms with van der Waals surface area (Å²) in [6.07, 6.45) is 5.42. The van der Waals surface area contributed by atoms with Crippen molar-refractivity contribution in [2.24, 2.45) is 0 Å². The summed E-state index contributed by atoms with van der Waals surface area (Å²) in [5, 5.41) is 5.71. The van der Waals surface area contributed by atoms with Crippen LogP contribution in [0.1, 0.15) is 37.1 Å². The fraction of sp³-hybridized carbons (Fsp3) is 0.500. The van der Waals surface area contributed by atoms with Gasteiger partial charge in [0.15, 0.2) is 0 Å². The molecule has 1 aromatic rings. The Morgan fingerprint density at radius 1 is 1.64 bits per heavy atom. The Balaban J connectivity index is 2.48. The van der Waals surface area contributed by atoms with Crippen LogP contribution in [0.4, 0.5) is 0 Å². The van der Waals surface area contributed by atoms with E-state index in [2.05, 4.69) is 36.3 Å². The summed E-state index contributed by atoms with van der Waals surface area (Å²) >= 11 is 1.84. The van der Waals surface area contributed by atoms with Crippen LogP contribution in [0, 0.1) is 0 Å². The fourth-order valence-electron chi connectivity index (χ4n) is 1.44. The maximum atomic E-state index is 3.77. The predicted octanol–water partition coefficient (Wildman–Crippen LogP) is 3.76. The lowest BCUT2D eigenvalue weighted by atomic mass is 10.1. The molecule has 2 heteroatoms. The molecule has 0 aliphatic carbocycles. The van der Waals surface area contributed by atoms with E-state index in [9.17, 15) is 0 Å². The first-order chi connectivity index (χ1) is 6.88. The van der Waals surface area contributed by atoms with Crippen LogP contribution in [0.5, 0.6) is 0 Å². The van der Waals surface area contributed by atoms with E-state index in [0.717, 1.165) is 19.4 Å². The van der Waals surface area contributed by atoms with E-state index in [1.54, 1.807) is 0 Å². The summed E-state index contributed by atoms with van der Waals surface area (Å²) in [4.78, 5) is 1.44. The fourth-order valence-corrected chi connectivity index (χ4v) is 2.27. The molecule has 0 amide bonds. The van der Waals surface area contributed by atoms with Gasteiger partial charge < -0.3 is 5.32 Å². The van der Waals surface area contributed by atoms with Gasteiger partial charge in [-0.25, -0.2) is 0 Å². The molecule has 0 saturated carbocycles. The molecule has 0 aliphatic heterocycles. The van der Waals surface area contributed by atoms with Gasteiger partial charge in [-0.1, -0.05) is 19.1 Å². The van der Waals surface area contributed by atoms with Gasteiger partial charge in [0.2, 0.25) is 0 Å². The highest BCUT2D eigenvalue weighted by Gasteiger charge is 2.09. The molecule has 1 heterocycles. The van der Waals surface area contributed by atoms with Crippen molar-refractivity contribution in [3.05, 3.63) is 35.0 Å². The Labute approximate surface area is 90.9 Å². The van der Waals surface area contributed by atoms with Crippen LogP contribution in [0.25, 0.3) is 0 Å². The molecule has 78 valence electrons. The smallest absolute Gasteiger partial charge is 0.0417 e. The van der Waals surface area contributed by atoms with Crippen molar-refractivity contribution in [2.45, 2.75) is 32.2 Å². The van der Waals surface area contributed by atoms with E-state index < -0.39 is 0 Å². The molecular formula is C12H19NS. The molecule has 1 unspecified atom stereocenters. The second-order valence-corrected chi connectivity index (χ2v) is 4.37. The van der Waals surface area contributed by atoms with Gasteiger partial charge in [-0.2, -0.15) is 0 Å². The van der Waals surface area contributed by atoms with Gasteiger partial charge in [0.25, 0.3) is 0 Å². The summed E-state index contributed by atoms with van der Waals surface area (Å²) in [7, 11) is 0. The van der Waals surface area contributed by atoms with E-state index in [-0.39, 0.29) is 0 Å². The lowest BCUT2D eigenvalue weighted by molar-refractivity contribution is 0.510. The molecule has 14 heavy (non-hydrogen) atoms. The zero-order valence-corrected chi connectivity index (χ0v) is 9.65. The van der Waals surface area contributed by atoms with Gasteiger partial charge in [0, 0.05) is 10.9 Å². The maximum Gasteiger partial charge on any atom is 0.0417 e. The number of nitrogens with one attached hydrogen (secondary N) is 1. The number of hydrogen-bond donors (Lipinski definition) is 1. The van der Waals surface area contributed by atoms with Crippen LogP contribution >= 0.6 is 11.3 Å². The summed E-state index contributed by atoms with van der Waals surface area (Å²) in [5.74, 6) is 0. The molecule has 0 fully saturated rings. The normalized spacial score (nSPS) is 12.6. The Morgan fingerprint density at radius 3 is 3.07 bits per heavy atom. The van der Waals surface area contributed by atoms with Crippen molar-refractivity contribution in [3.8, 4) is 0 Å². The first-order valence-electron chi connectivity index (χ1n) is 5.26. The SMILES string of the molecule is C=CCCC(NCCC)c1cccs1. The van der Waals surface area contributed by atoms with E-state index in [1.165, 1.54) is 11.3 Å². The highest BCUT2D eigenvalue weighted by molar-refractivity contribution is 7.10. The van der Waals surface area contributed by atoms with Crippen LogP contribution in [0.3, 0.4) is 0 Å². The molecule has 0 bridgehead atoms. The summed E-state index contributed by atoms with van der Waals surface area (Å²) in [6, 6.07) is 4.85. The van der Waals surface area contributed by atoms with Crippen molar-refractivity contribution in [1.82, 2.24) is 5.32 Å². The number of thiophene rings is 1. The quantitative estimate of drug-likeness (QED) is 0.674. The lowest BCUT2D eigenvalue weighted by Gasteiger charge is -2.15. The predicted molar refractivity (Wildman–Crippen MR) is 64.8 cm³/mol. The van der Waals surface area contributed by atoms with Crippen molar-refractivity contribution >= 4 is 11.3 Å². The molecular weight excluding hydrogens is 190 g/mol. The molecule has 0 radical (unpaired) electrons. The zero-order valence-electron chi connectivity index (χ0n) is 8.83. The molecule has 0 saturated heterocycles. The first kappa shape index (κ1) is 11.5. The van der Waals surface area contributed by atoms with Crippen LogP contribution in [0.15, 0.2) is 30.2 Å². The molecule has 0 aliphatic rings.